The number of unbranched alkanes of at least 4 members (excludes halogenated alkanes) is 12. The summed E-state index contributed by atoms with van der Waals surface area (Å²) in [7, 11) is 0. The molecule has 0 aromatic heterocycles. The fraction of sp³-hybridized carbons (Fsp3) is 0.704. The van der Waals surface area contributed by atoms with Crippen molar-refractivity contribution in [2.75, 3.05) is 11.4 Å². The van der Waals surface area contributed by atoms with Crippen molar-refractivity contribution in [1.82, 2.24) is 4.90 Å². The lowest BCUT2D eigenvalue weighted by Gasteiger charge is -2.33. The monoisotopic (exact) mass is 398 g/mol. The number of rotatable bonds is 17. The van der Waals surface area contributed by atoms with Crippen molar-refractivity contribution in [3.05, 3.63) is 42.7 Å². The highest BCUT2D eigenvalue weighted by atomic mass is 15.4. The van der Waals surface area contributed by atoms with E-state index in [9.17, 15) is 0 Å². The molecule has 1 atom stereocenters. The van der Waals surface area contributed by atoms with E-state index < -0.39 is 0 Å². The Morgan fingerprint density at radius 3 is 1.79 bits per heavy atom. The molecule has 1 heterocycles. The van der Waals surface area contributed by atoms with Crippen molar-refractivity contribution >= 4 is 5.69 Å². The number of hydrogen-bond donors (Lipinski definition) is 0. The van der Waals surface area contributed by atoms with E-state index in [1.165, 1.54) is 109 Å². The van der Waals surface area contributed by atoms with Crippen LogP contribution in [0.25, 0.3) is 0 Å². The Morgan fingerprint density at radius 2 is 1.17 bits per heavy atom. The molecule has 0 N–H and O–H groups in total. The van der Waals surface area contributed by atoms with Crippen molar-refractivity contribution in [2.24, 2.45) is 0 Å². The van der Waals surface area contributed by atoms with E-state index in [2.05, 4.69) is 66.4 Å². The number of hydrogen-bond acceptors (Lipinski definition) is 2. The van der Waals surface area contributed by atoms with Gasteiger partial charge in [-0.3, -0.25) is 0 Å². The van der Waals surface area contributed by atoms with Crippen LogP contribution < -0.4 is 4.90 Å². The van der Waals surface area contributed by atoms with Crippen molar-refractivity contribution in [1.29, 1.82) is 0 Å². The van der Waals surface area contributed by atoms with E-state index in [0.29, 0.717) is 6.17 Å². The normalized spacial score (nSPS) is 16.1. The highest BCUT2D eigenvalue weighted by molar-refractivity contribution is 5.51. The van der Waals surface area contributed by atoms with Gasteiger partial charge in [-0.15, -0.1) is 0 Å². The summed E-state index contributed by atoms with van der Waals surface area (Å²) >= 11 is 0. The quantitative estimate of drug-likeness (QED) is 0.243. The molecule has 0 fully saturated rings. The van der Waals surface area contributed by atoms with E-state index in [4.69, 9.17) is 0 Å². The zero-order valence-corrected chi connectivity index (χ0v) is 19.3. The van der Waals surface area contributed by atoms with Crippen LogP contribution in [-0.2, 0) is 0 Å². The summed E-state index contributed by atoms with van der Waals surface area (Å²) in [5.41, 5.74) is 1.33. The number of para-hydroxylation sites is 1. The first kappa shape index (κ1) is 23.8. The van der Waals surface area contributed by atoms with Crippen LogP contribution in [0.1, 0.15) is 110 Å². The summed E-state index contributed by atoms with van der Waals surface area (Å²) in [5.74, 6) is 0. The predicted octanol–water partition coefficient (Wildman–Crippen LogP) is 8.50. The number of anilines is 1. The molecule has 1 aliphatic heterocycles. The zero-order valence-electron chi connectivity index (χ0n) is 19.3. The van der Waals surface area contributed by atoms with Crippen LogP contribution in [0, 0.1) is 0 Å². The van der Waals surface area contributed by atoms with Gasteiger partial charge in [0.15, 0.2) is 0 Å². The van der Waals surface area contributed by atoms with Crippen LogP contribution in [-0.4, -0.2) is 17.6 Å². The fourth-order valence-corrected chi connectivity index (χ4v) is 4.44. The Bertz CT molecular complexity index is 525. The minimum Gasteiger partial charge on any atom is -0.356 e. The SMILES string of the molecule is CCCCCCCCCCC1N(CCCCCCCC)C=CN1c1ccccc1. The first-order valence-electron chi connectivity index (χ1n) is 12.6. The van der Waals surface area contributed by atoms with Crippen LogP contribution in [0.15, 0.2) is 42.7 Å². The molecule has 0 saturated carbocycles. The molecular formula is C27H46N2. The molecule has 0 saturated heterocycles. The third-order valence-corrected chi connectivity index (χ3v) is 6.26. The van der Waals surface area contributed by atoms with Crippen molar-refractivity contribution in [3.8, 4) is 0 Å². The predicted molar refractivity (Wildman–Crippen MR) is 129 cm³/mol. The largest absolute Gasteiger partial charge is 0.356 e. The smallest absolute Gasteiger partial charge is 0.105 e. The molecule has 2 heteroatoms. The Kier molecular flexibility index (Phi) is 12.7. The standard InChI is InChI=1S/C27H46N2/c1-3-5-7-9-11-12-13-18-22-27-28(23-19-14-10-8-6-4-2)24-25-29(27)26-20-16-15-17-21-26/h15-17,20-21,24-25,27H,3-14,18-19,22-23H2,1-2H3. The van der Waals surface area contributed by atoms with Crippen LogP contribution >= 0.6 is 0 Å². The van der Waals surface area contributed by atoms with E-state index >= 15 is 0 Å². The summed E-state index contributed by atoms with van der Waals surface area (Å²) in [5, 5.41) is 0. The Hall–Kier alpha value is -1.44. The van der Waals surface area contributed by atoms with Crippen molar-refractivity contribution in [3.63, 3.8) is 0 Å². The lowest BCUT2D eigenvalue weighted by Crippen LogP contribution is -2.39. The van der Waals surface area contributed by atoms with Crippen LogP contribution in [0.3, 0.4) is 0 Å². The Labute approximate surface area is 181 Å². The molecule has 0 bridgehead atoms. The third-order valence-electron chi connectivity index (χ3n) is 6.26. The van der Waals surface area contributed by atoms with Gasteiger partial charge in [0.1, 0.15) is 6.17 Å². The van der Waals surface area contributed by atoms with Gasteiger partial charge in [0, 0.05) is 24.6 Å². The average molecular weight is 399 g/mol. The molecule has 1 aromatic rings. The number of benzene rings is 1. The Morgan fingerprint density at radius 1 is 0.621 bits per heavy atom. The molecule has 0 radical (unpaired) electrons. The molecule has 1 aromatic carbocycles. The van der Waals surface area contributed by atoms with Gasteiger partial charge in [-0.05, 0) is 31.4 Å². The average Bonchev–Trinajstić information content (AvgIpc) is 3.16. The van der Waals surface area contributed by atoms with Gasteiger partial charge in [-0.25, -0.2) is 0 Å². The van der Waals surface area contributed by atoms with E-state index in [-0.39, 0.29) is 0 Å². The third kappa shape index (κ3) is 9.28. The van der Waals surface area contributed by atoms with E-state index in [1.54, 1.807) is 0 Å². The number of nitrogens with zero attached hydrogens (tertiary/aromatic N) is 2. The summed E-state index contributed by atoms with van der Waals surface area (Å²) < 4.78 is 0. The second-order valence-electron chi connectivity index (χ2n) is 8.79. The van der Waals surface area contributed by atoms with E-state index in [1.807, 2.05) is 0 Å². The maximum atomic E-state index is 2.61. The molecule has 2 nitrogen and oxygen atoms in total. The fourth-order valence-electron chi connectivity index (χ4n) is 4.44. The maximum absolute atomic E-state index is 2.61. The molecule has 0 aliphatic carbocycles. The van der Waals surface area contributed by atoms with Crippen molar-refractivity contribution in [2.45, 2.75) is 116 Å². The molecule has 0 spiro atoms. The molecule has 1 unspecified atom stereocenters. The molecule has 1 aliphatic rings. The summed E-state index contributed by atoms with van der Waals surface area (Å²) in [4.78, 5) is 5.10. The maximum Gasteiger partial charge on any atom is 0.105 e. The summed E-state index contributed by atoms with van der Waals surface area (Å²) in [6.07, 6.45) is 25.8. The van der Waals surface area contributed by atoms with Gasteiger partial charge in [0.05, 0.1) is 0 Å². The van der Waals surface area contributed by atoms with Gasteiger partial charge in [-0.1, -0.05) is 109 Å². The first-order chi connectivity index (χ1) is 14.4. The van der Waals surface area contributed by atoms with Crippen LogP contribution in [0.4, 0.5) is 5.69 Å². The second-order valence-corrected chi connectivity index (χ2v) is 8.79. The zero-order chi connectivity index (χ0) is 20.6. The topological polar surface area (TPSA) is 6.48 Å². The van der Waals surface area contributed by atoms with Gasteiger partial charge < -0.3 is 9.80 Å². The molecule has 0 amide bonds. The van der Waals surface area contributed by atoms with Crippen LogP contribution in [0.5, 0.6) is 0 Å². The second kappa shape index (κ2) is 15.4. The lowest BCUT2D eigenvalue weighted by molar-refractivity contribution is 0.273. The van der Waals surface area contributed by atoms with Crippen molar-refractivity contribution < 1.29 is 0 Å². The van der Waals surface area contributed by atoms with Gasteiger partial charge >= 0.3 is 0 Å². The van der Waals surface area contributed by atoms with Gasteiger partial charge in [0.25, 0.3) is 0 Å². The molecule has 164 valence electrons. The molecule has 2 rings (SSSR count). The minimum absolute atomic E-state index is 0.508. The van der Waals surface area contributed by atoms with E-state index in [0.717, 1.165) is 0 Å². The van der Waals surface area contributed by atoms with Gasteiger partial charge in [-0.2, -0.15) is 0 Å². The molecular weight excluding hydrogens is 352 g/mol. The highest BCUT2D eigenvalue weighted by Crippen LogP contribution is 2.28. The Balaban J connectivity index is 1.75. The molecule has 29 heavy (non-hydrogen) atoms. The summed E-state index contributed by atoms with van der Waals surface area (Å²) in [6, 6.07) is 10.9. The van der Waals surface area contributed by atoms with Crippen LogP contribution in [0.2, 0.25) is 0 Å². The first-order valence-corrected chi connectivity index (χ1v) is 12.6. The highest BCUT2D eigenvalue weighted by Gasteiger charge is 2.26. The minimum atomic E-state index is 0.508. The summed E-state index contributed by atoms with van der Waals surface area (Å²) in [6.45, 7) is 5.79. The lowest BCUT2D eigenvalue weighted by atomic mass is 10.1. The van der Waals surface area contributed by atoms with Gasteiger partial charge in [0.2, 0.25) is 0 Å².